The fourth-order valence-corrected chi connectivity index (χ4v) is 2.35. The van der Waals surface area contributed by atoms with Crippen LogP contribution in [-0.4, -0.2) is 20.1 Å². The third-order valence-electron chi connectivity index (χ3n) is 3.17. The first-order chi connectivity index (χ1) is 7.70. The number of anilines is 1. The van der Waals surface area contributed by atoms with Crippen molar-refractivity contribution in [2.75, 3.05) is 25.0 Å². The first-order valence-corrected chi connectivity index (χ1v) is 5.88. The molecule has 1 saturated heterocycles. The number of halogens is 1. The van der Waals surface area contributed by atoms with Gasteiger partial charge in [0.2, 0.25) is 0 Å². The van der Waals surface area contributed by atoms with Crippen molar-refractivity contribution in [2.24, 2.45) is 5.92 Å². The van der Waals surface area contributed by atoms with Crippen molar-refractivity contribution in [1.29, 1.82) is 0 Å². The van der Waals surface area contributed by atoms with E-state index in [4.69, 9.17) is 0 Å². The minimum absolute atomic E-state index is 0.152. The monoisotopic (exact) mass is 222 g/mol. The number of benzene rings is 1. The molecule has 2 nitrogen and oxygen atoms in total. The summed E-state index contributed by atoms with van der Waals surface area (Å²) in [6.07, 6.45) is 1.23. The van der Waals surface area contributed by atoms with E-state index in [0.717, 1.165) is 31.1 Å². The van der Waals surface area contributed by atoms with Gasteiger partial charge in [0.05, 0.1) is 0 Å². The lowest BCUT2D eigenvalue weighted by molar-refractivity contribution is 0.623. The lowest BCUT2D eigenvalue weighted by Crippen LogP contribution is -2.22. The molecule has 0 spiro atoms. The lowest BCUT2D eigenvalue weighted by Gasteiger charge is -2.21. The number of hydrogen-bond donors (Lipinski definition) is 1. The SMILES string of the molecule is CNCc1cc(F)ccc1N1CCC(C)C1. The van der Waals surface area contributed by atoms with Crippen LogP contribution in [0.1, 0.15) is 18.9 Å². The predicted octanol–water partition coefficient (Wildman–Crippen LogP) is 2.39. The van der Waals surface area contributed by atoms with Crippen molar-refractivity contribution >= 4 is 5.69 Å². The Balaban J connectivity index is 2.25. The number of nitrogens with zero attached hydrogens (tertiary/aromatic N) is 1. The highest BCUT2D eigenvalue weighted by molar-refractivity contribution is 5.54. The molecule has 1 N–H and O–H groups in total. The van der Waals surface area contributed by atoms with Crippen molar-refractivity contribution < 1.29 is 4.39 Å². The number of rotatable bonds is 3. The van der Waals surface area contributed by atoms with E-state index < -0.39 is 0 Å². The predicted molar refractivity (Wildman–Crippen MR) is 65.2 cm³/mol. The van der Waals surface area contributed by atoms with Crippen LogP contribution in [0.5, 0.6) is 0 Å². The molecule has 0 amide bonds. The molecule has 0 bridgehead atoms. The van der Waals surface area contributed by atoms with E-state index in [9.17, 15) is 4.39 Å². The Morgan fingerprint density at radius 1 is 1.50 bits per heavy atom. The maximum absolute atomic E-state index is 13.2. The van der Waals surface area contributed by atoms with Crippen LogP contribution in [0.15, 0.2) is 18.2 Å². The van der Waals surface area contributed by atoms with Gasteiger partial charge in [-0.25, -0.2) is 4.39 Å². The smallest absolute Gasteiger partial charge is 0.123 e. The molecule has 1 fully saturated rings. The third kappa shape index (κ3) is 2.35. The van der Waals surface area contributed by atoms with Crippen LogP contribution < -0.4 is 10.2 Å². The Hall–Kier alpha value is -1.09. The average molecular weight is 222 g/mol. The van der Waals surface area contributed by atoms with Crippen LogP contribution >= 0.6 is 0 Å². The van der Waals surface area contributed by atoms with Gasteiger partial charge in [0.1, 0.15) is 5.82 Å². The highest BCUT2D eigenvalue weighted by Crippen LogP contribution is 2.27. The minimum atomic E-state index is -0.152. The normalized spacial score (nSPS) is 20.4. The standard InChI is InChI=1S/C13H19FN2/c1-10-5-6-16(9-10)13-4-3-12(14)7-11(13)8-15-2/h3-4,7,10,15H,5-6,8-9H2,1-2H3. The molecule has 0 radical (unpaired) electrons. The van der Waals surface area contributed by atoms with Crippen LogP contribution in [-0.2, 0) is 6.54 Å². The topological polar surface area (TPSA) is 15.3 Å². The molecule has 3 heteroatoms. The van der Waals surface area contributed by atoms with Gasteiger partial charge in [-0.05, 0) is 43.1 Å². The summed E-state index contributed by atoms with van der Waals surface area (Å²) in [6, 6.07) is 5.09. The largest absolute Gasteiger partial charge is 0.371 e. The molecule has 0 aliphatic carbocycles. The maximum atomic E-state index is 13.2. The van der Waals surface area contributed by atoms with E-state index in [1.165, 1.54) is 12.1 Å². The van der Waals surface area contributed by atoms with Gasteiger partial charge in [-0.15, -0.1) is 0 Å². The van der Waals surface area contributed by atoms with E-state index in [-0.39, 0.29) is 5.82 Å². The second kappa shape index (κ2) is 4.83. The molecule has 1 unspecified atom stereocenters. The second-order valence-corrected chi connectivity index (χ2v) is 4.64. The van der Waals surface area contributed by atoms with Crippen LogP contribution in [0, 0.1) is 11.7 Å². The van der Waals surface area contributed by atoms with Gasteiger partial charge in [0.15, 0.2) is 0 Å². The minimum Gasteiger partial charge on any atom is -0.371 e. The van der Waals surface area contributed by atoms with Crippen LogP contribution in [0.2, 0.25) is 0 Å². The summed E-state index contributed by atoms with van der Waals surface area (Å²) in [6.45, 7) is 5.16. The van der Waals surface area contributed by atoms with E-state index in [0.29, 0.717) is 0 Å². The van der Waals surface area contributed by atoms with Crippen LogP contribution in [0.4, 0.5) is 10.1 Å². The van der Waals surface area contributed by atoms with E-state index in [2.05, 4.69) is 17.1 Å². The highest BCUT2D eigenvalue weighted by atomic mass is 19.1. The summed E-state index contributed by atoms with van der Waals surface area (Å²) in [5.41, 5.74) is 2.23. The molecule has 16 heavy (non-hydrogen) atoms. The Labute approximate surface area is 96.5 Å². The average Bonchev–Trinajstić information content (AvgIpc) is 2.65. The number of hydrogen-bond acceptors (Lipinski definition) is 2. The summed E-state index contributed by atoms with van der Waals surface area (Å²) in [7, 11) is 1.89. The molecular formula is C13H19FN2. The summed E-state index contributed by atoms with van der Waals surface area (Å²) < 4.78 is 13.2. The molecule has 1 aliphatic heterocycles. The molecule has 1 aliphatic rings. The van der Waals surface area contributed by atoms with Crippen molar-refractivity contribution in [3.05, 3.63) is 29.6 Å². The van der Waals surface area contributed by atoms with Crippen molar-refractivity contribution in [3.63, 3.8) is 0 Å². The molecule has 1 aromatic rings. The second-order valence-electron chi connectivity index (χ2n) is 4.64. The summed E-state index contributed by atoms with van der Waals surface area (Å²) in [5, 5.41) is 3.09. The first-order valence-electron chi connectivity index (χ1n) is 5.88. The summed E-state index contributed by atoms with van der Waals surface area (Å²) in [5.74, 6) is 0.591. The third-order valence-corrected chi connectivity index (χ3v) is 3.17. The zero-order chi connectivity index (χ0) is 11.5. The Kier molecular flexibility index (Phi) is 3.44. The van der Waals surface area contributed by atoms with Crippen molar-refractivity contribution in [3.8, 4) is 0 Å². The quantitative estimate of drug-likeness (QED) is 0.844. The van der Waals surface area contributed by atoms with Gasteiger partial charge in [-0.3, -0.25) is 0 Å². The Morgan fingerprint density at radius 2 is 2.31 bits per heavy atom. The molecule has 1 heterocycles. The van der Waals surface area contributed by atoms with Gasteiger partial charge < -0.3 is 10.2 Å². The fourth-order valence-electron chi connectivity index (χ4n) is 2.35. The van der Waals surface area contributed by atoms with E-state index in [1.54, 1.807) is 12.1 Å². The Morgan fingerprint density at radius 3 is 2.94 bits per heavy atom. The Bertz CT molecular complexity index is 365. The van der Waals surface area contributed by atoms with E-state index >= 15 is 0 Å². The summed E-state index contributed by atoms with van der Waals surface area (Å²) >= 11 is 0. The first kappa shape index (κ1) is 11.4. The van der Waals surface area contributed by atoms with Crippen LogP contribution in [0.25, 0.3) is 0 Å². The highest BCUT2D eigenvalue weighted by Gasteiger charge is 2.20. The van der Waals surface area contributed by atoms with Gasteiger partial charge in [-0.2, -0.15) is 0 Å². The molecule has 88 valence electrons. The zero-order valence-electron chi connectivity index (χ0n) is 9.96. The van der Waals surface area contributed by atoms with Crippen LogP contribution in [0.3, 0.4) is 0 Å². The van der Waals surface area contributed by atoms with Gasteiger partial charge in [0.25, 0.3) is 0 Å². The summed E-state index contributed by atoms with van der Waals surface area (Å²) in [4.78, 5) is 2.36. The van der Waals surface area contributed by atoms with Gasteiger partial charge >= 0.3 is 0 Å². The molecule has 1 atom stereocenters. The van der Waals surface area contributed by atoms with Crippen molar-refractivity contribution in [2.45, 2.75) is 19.9 Å². The van der Waals surface area contributed by atoms with Gasteiger partial charge in [-0.1, -0.05) is 6.92 Å². The lowest BCUT2D eigenvalue weighted by atomic mass is 10.1. The molecule has 2 rings (SSSR count). The van der Waals surface area contributed by atoms with Gasteiger partial charge in [0, 0.05) is 25.3 Å². The molecule has 0 aromatic heterocycles. The number of nitrogens with one attached hydrogen (secondary N) is 1. The van der Waals surface area contributed by atoms with E-state index in [1.807, 2.05) is 13.1 Å². The maximum Gasteiger partial charge on any atom is 0.123 e. The van der Waals surface area contributed by atoms with Crippen molar-refractivity contribution in [1.82, 2.24) is 5.32 Å². The molecular weight excluding hydrogens is 203 g/mol. The molecule has 1 aromatic carbocycles. The zero-order valence-corrected chi connectivity index (χ0v) is 9.96. The molecule has 0 saturated carbocycles. The fraction of sp³-hybridized carbons (Fsp3) is 0.538.